The SMILES string of the molecule is CC(=O)O[C@@H]1c2c3c(cc(O)c2C(=O)O[C@@H]1C)O[C@]1(C)CC[C@]2(O)O[C@@]4(C(C)(C)O)CC[C@]2(C)[C@]1(C3)O4. The molecule has 0 amide bonds. The fourth-order valence-corrected chi connectivity index (χ4v) is 7.62. The van der Waals surface area contributed by atoms with E-state index >= 15 is 0 Å². The summed E-state index contributed by atoms with van der Waals surface area (Å²) >= 11 is 0. The Hall–Kier alpha value is -2.40. The topological polar surface area (TPSA) is 141 Å². The maximum Gasteiger partial charge on any atom is 0.342 e. The lowest BCUT2D eigenvalue weighted by Gasteiger charge is -2.76. The molecule has 0 unspecified atom stereocenters. The average Bonchev–Trinajstić information content (AvgIpc) is 2.76. The molecule has 3 saturated heterocycles. The van der Waals surface area contributed by atoms with Crippen molar-refractivity contribution in [1.29, 1.82) is 0 Å². The third-order valence-electron chi connectivity index (χ3n) is 9.79. The standard InChI is InChI=1S/C27H34O10/c1-13-20(34-14(2)28)18-15-12-25-23(5)7-10-27(36-25,22(3,4)31)37-26(23,32)9-8-24(25,6)35-17(15)11-16(29)19(18)21(30)33-13/h11,13,20,29,31-32H,7-10,12H2,1-6H3/t13-,20+,23-,24-,25+,26+,27-/m1/s1. The number of rotatable bonds is 2. The number of phenolic OH excluding ortho intramolecular Hbond substituents is 1. The zero-order valence-electron chi connectivity index (χ0n) is 22.0. The maximum atomic E-state index is 12.9. The van der Waals surface area contributed by atoms with Crippen LogP contribution in [0.1, 0.15) is 94.8 Å². The molecule has 4 bridgehead atoms. The van der Waals surface area contributed by atoms with Gasteiger partial charge in [-0.25, -0.2) is 4.79 Å². The summed E-state index contributed by atoms with van der Waals surface area (Å²) in [6.07, 6.45) is -0.126. The number of phenols is 1. The van der Waals surface area contributed by atoms with E-state index in [0.717, 1.165) is 0 Å². The van der Waals surface area contributed by atoms with Gasteiger partial charge in [0.05, 0.1) is 5.41 Å². The van der Waals surface area contributed by atoms with Crippen molar-refractivity contribution in [3.63, 3.8) is 0 Å². The minimum Gasteiger partial charge on any atom is -0.507 e. The molecular formula is C27H34O10. The van der Waals surface area contributed by atoms with E-state index in [9.17, 15) is 24.9 Å². The minimum atomic E-state index is -1.59. The van der Waals surface area contributed by atoms with Gasteiger partial charge < -0.3 is 39.0 Å². The van der Waals surface area contributed by atoms with Gasteiger partial charge in [0.25, 0.3) is 0 Å². The Labute approximate surface area is 214 Å². The quantitative estimate of drug-likeness (QED) is 0.501. The van der Waals surface area contributed by atoms with Crippen molar-refractivity contribution >= 4 is 11.9 Å². The molecule has 10 nitrogen and oxygen atoms in total. The molecule has 6 aliphatic rings. The molecule has 3 N–H and O–H groups in total. The highest BCUT2D eigenvalue weighted by molar-refractivity contribution is 5.96. The average molecular weight is 519 g/mol. The maximum absolute atomic E-state index is 12.9. The highest BCUT2D eigenvalue weighted by Crippen LogP contribution is 2.72. The van der Waals surface area contributed by atoms with E-state index in [2.05, 4.69) is 0 Å². The molecule has 37 heavy (non-hydrogen) atoms. The van der Waals surface area contributed by atoms with Crippen molar-refractivity contribution in [1.82, 2.24) is 0 Å². The van der Waals surface area contributed by atoms with E-state index in [1.807, 2.05) is 13.8 Å². The summed E-state index contributed by atoms with van der Waals surface area (Å²) in [5.41, 5.74) is -3.80. The zero-order chi connectivity index (χ0) is 27.0. The Kier molecular flexibility index (Phi) is 4.69. The lowest BCUT2D eigenvalue weighted by molar-refractivity contribution is -0.555. The largest absolute Gasteiger partial charge is 0.507 e. The van der Waals surface area contributed by atoms with Crippen molar-refractivity contribution in [3.05, 3.63) is 22.8 Å². The fraction of sp³-hybridized carbons (Fsp3) is 0.704. The van der Waals surface area contributed by atoms with Crippen LogP contribution in [-0.2, 0) is 30.2 Å². The number of aromatic hydroxyl groups is 1. The van der Waals surface area contributed by atoms with Gasteiger partial charge in [-0.05, 0) is 40.5 Å². The molecule has 1 saturated carbocycles. The number of hydrogen-bond acceptors (Lipinski definition) is 10. The van der Waals surface area contributed by atoms with Gasteiger partial charge in [0.1, 0.15) is 40.0 Å². The fourth-order valence-electron chi connectivity index (χ4n) is 7.62. The first-order chi connectivity index (χ1) is 17.0. The Balaban J connectivity index is 1.61. The first kappa shape index (κ1) is 24.9. The lowest BCUT2D eigenvalue weighted by Crippen LogP contribution is -2.88. The highest BCUT2D eigenvalue weighted by Gasteiger charge is 2.83. The van der Waals surface area contributed by atoms with Crippen molar-refractivity contribution in [2.24, 2.45) is 5.41 Å². The van der Waals surface area contributed by atoms with Crippen molar-refractivity contribution in [3.8, 4) is 11.5 Å². The molecule has 1 aromatic rings. The van der Waals surface area contributed by atoms with Crippen LogP contribution in [0.3, 0.4) is 0 Å². The smallest absolute Gasteiger partial charge is 0.342 e. The summed E-state index contributed by atoms with van der Waals surface area (Å²) in [5, 5.41) is 34.1. The first-order valence-corrected chi connectivity index (χ1v) is 12.8. The van der Waals surface area contributed by atoms with Crippen LogP contribution in [0.15, 0.2) is 6.07 Å². The van der Waals surface area contributed by atoms with Gasteiger partial charge in [-0.1, -0.05) is 6.92 Å². The second-order valence-electron chi connectivity index (χ2n) is 12.3. The molecule has 202 valence electrons. The third-order valence-corrected chi connectivity index (χ3v) is 9.79. The molecule has 1 aliphatic carbocycles. The summed E-state index contributed by atoms with van der Waals surface area (Å²) in [4.78, 5) is 25.0. The second-order valence-corrected chi connectivity index (χ2v) is 12.3. The Morgan fingerprint density at radius 1 is 1.16 bits per heavy atom. The van der Waals surface area contributed by atoms with E-state index in [1.165, 1.54) is 13.0 Å². The van der Waals surface area contributed by atoms with Crippen LogP contribution in [-0.4, -0.2) is 61.7 Å². The molecule has 1 aromatic carbocycles. The van der Waals surface area contributed by atoms with Crippen LogP contribution in [0.2, 0.25) is 0 Å². The van der Waals surface area contributed by atoms with Gasteiger partial charge in [-0.15, -0.1) is 0 Å². The van der Waals surface area contributed by atoms with E-state index < -0.39 is 57.9 Å². The first-order valence-electron chi connectivity index (χ1n) is 12.8. The lowest BCUT2D eigenvalue weighted by atomic mass is 9.47. The molecule has 0 aromatic heterocycles. The minimum absolute atomic E-state index is 0.0858. The number of carbonyl (C=O) groups excluding carboxylic acids is 2. The monoisotopic (exact) mass is 518 g/mol. The van der Waals surface area contributed by atoms with Crippen molar-refractivity contribution in [2.75, 3.05) is 0 Å². The van der Waals surface area contributed by atoms with Gasteiger partial charge in [-0.3, -0.25) is 4.79 Å². The molecule has 5 heterocycles. The molecule has 5 aliphatic heterocycles. The summed E-state index contributed by atoms with van der Waals surface area (Å²) in [5.74, 6) is -4.38. The summed E-state index contributed by atoms with van der Waals surface area (Å²) in [7, 11) is 0. The zero-order valence-corrected chi connectivity index (χ0v) is 22.0. The Morgan fingerprint density at radius 2 is 1.86 bits per heavy atom. The molecule has 10 heteroatoms. The number of carbonyl (C=O) groups is 2. The van der Waals surface area contributed by atoms with Crippen LogP contribution in [0.25, 0.3) is 0 Å². The summed E-state index contributed by atoms with van der Waals surface area (Å²) in [6.45, 7) is 9.91. The van der Waals surface area contributed by atoms with Gasteiger partial charge in [0.15, 0.2) is 11.9 Å². The van der Waals surface area contributed by atoms with Crippen LogP contribution < -0.4 is 4.74 Å². The van der Waals surface area contributed by atoms with E-state index in [4.69, 9.17) is 23.7 Å². The van der Waals surface area contributed by atoms with Gasteiger partial charge in [0.2, 0.25) is 5.79 Å². The molecule has 1 spiro atoms. The number of esters is 2. The van der Waals surface area contributed by atoms with Crippen molar-refractivity contribution < 1.29 is 48.6 Å². The Bertz CT molecular complexity index is 1240. The van der Waals surface area contributed by atoms with Crippen molar-refractivity contribution in [2.45, 2.75) is 114 Å². The number of benzene rings is 1. The molecule has 0 radical (unpaired) electrons. The highest BCUT2D eigenvalue weighted by atomic mass is 16.8. The van der Waals surface area contributed by atoms with E-state index in [-0.39, 0.29) is 24.2 Å². The normalized spacial score (nSPS) is 43.6. The third kappa shape index (κ3) is 2.79. The predicted octanol–water partition coefficient (Wildman–Crippen LogP) is 2.78. The van der Waals surface area contributed by atoms with Crippen LogP contribution in [0.4, 0.5) is 0 Å². The number of fused-ring (bicyclic) bond motifs is 4. The van der Waals surface area contributed by atoms with Gasteiger partial charge in [0, 0.05) is 43.4 Å². The van der Waals surface area contributed by atoms with E-state index in [0.29, 0.717) is 36.1 Å². The van der Waals surface area contributed by atoms with Crippen LogP contribution in [0, 0.1) is 5.41 Å². The van der Waals surface area contributed by atoms with Crippen LogP contribution >= 0.6 is 0 Å². The number of ether oxygens (including phenoxy) is 5. The predicted molar refractivity (Wildman–Crippen MR) is 126 cm³/mol. The Morgan fingerprint density at radius 3 is 2.51 bits per heavy atom. The van der Waals surface area contributed by atoms with Crippen LogP contribution in [0.5, 0.6) is 11.5 Å². The summed E-state index contributed by atoms with van der Waals surface area (Å²) in [6, 6.07) is 1.39. The van der Waals surface area contributed by atoms with Gasteiger partial charge >= 0.3 is 11.9 Å². The molecular weight excluding hydrogens is 484 g/mol. The number of aliphatic hydroxyl groups is 2. The van der Waals surface area contributed by atoms with Gasteiger partial charge in [-0.2, -0.15) is 0 Å². The summed E-state index contributed by atoms with van der Waals surface area (Å²) < 4.78 is 30.8. The molecule has 7 atom stereocenters. The molecule has 7 rings (SSSR count). The van der Waals surface area contributed by atoms with E-state index in [1.54, 1.807) is 20.8 Å². The molecule has 4 fully saturated rings. The number of cyclic esters (lactones) is 1. The number of hydrogen-bond donors (Lipinski definition) is 3. The second kappa shape index (κ2) is 6.97.